The molecule has 2 aliphatic rings. The molecule has 3 aromatic rings. The van der Waals surface area contributed by atoms with E-state index in [1.54, 1.807) is 36.4 Å². The molecule has 0 aliphatic carbocycles. The lowest BCUT2D eigenvalue weighted by Crippen LogP contribution is -2.35. The zero-order valence-electron chi connectivity index (χ0n) is 17.7. The lowest BCUT2D eigenvalue weighted by atomic mass is 9.84. The first kappa shape index (κ1) is 23.1. The van der Waals surface area contributed by atoms with E-state index >= 15 is 0 Å². The van der Waals surface area contributed by atoms with Crippen LogP contribution in [0.3, 0.4) is 0 Å². The SMILES string of the molecule is CC#N.CC1=C[C@]2(C=C(c3cc(Cl)ccc3O)Oc3ccc(Cl)cc32)Oc2ccc(Cl)cc21. The minimum absolute atomic E-state index is 0.0573. The van der Waals surface area contributed by atoms with E-state index in [9.17, 15) is 5.11 Å². The molecule has 1 N–H and O–H groups in total. The van der Waals surface area contributed by atoms with E-state index in [2.05, 4.69) is 0 Å². The fourth-order valence-corrected chi connectivity index (χ4v) is 4.39. The second-order valence-corrected chi connectivity index (χ2v) is 8.81. The topological polar surface area (TPSA) is 62.5 Å². The molecule has 0 amide bonds. The molecule has 0 radical (unpaired) electrons. The summed E-state index contributed by atoms with van der Waals surface area (Å²) in [4.78, 5) is 0. The highest BCUT2D eigenvalue weighted by molar-refractivity contribution is 6.31. The lowest BCUT2D eigenvalue weighted by Gasteiger charge is -2.38. The highest BCUT2D eigenvalue weighted by atomic mass is 35.5. The summed E-state index contributed by atoms with van der Waals surface area (Å²) in [5.74, 6) is 1.77. The van der Waals surface area contributed by atoms with Crippen LogP contribution in [0.25, 0.3) is 11.3 Å². The number of halogens is 3. The minimum Gasteiger partial charge on any atom is -0.507 e. The molecule has 0 saturated carbocycles. The van der Waals surface area contributed by atoms with Crippen LogP contribution in [0.5, 0.6) is 17.2 Å². The van der Waals surface area contributed by atoms with Crippen LogP contribution in [0.2, 0.25) is 15.1 Å². The molecule has 4 nitrogen and oxygen atoms in total. The zero-order chi connectivity index (χ0) is 23.8. The number of benzene rings is 3. The summed E-state index contributed by atoms with van der Waals surface area (Å²) < 4.78 is 12.7. The van der Waals surface area contributed by atoms with Gasteiger partial charge in [0.1, 0.15) is 23.0 Å². The number of phenols is 1. The van der Waals surface area contributed by atoms with E-state index < -0.39 is 5.60 Å². The summed E-state index contributed by atoms with van der Waals surface area (Å²) in [6.07, 6.45) is 3.84. The van der Waals surface area contributed by atoms with Crippen molar-refractivity contribution < 1.29 is 14.6 Å². The first-order chi connectivity index (χ1) is 15.8. The zero-order valence-corrected chi connectivity index (χ0v) is 20.0. The minimum atomic E-state index is -0.979. The molecule has 0 unspecified atom stereocenters. The molecule has 2 heterocycles. The van der Waals surface area contributed by atoms with Crippen LogP contribution < -0.4 is 9.47 Å². The van der Waals surface area contributed by atoms with Crippen LogP contribution in [0.1, 0.15) is 30.5 Å². The fraction of sp³-hybridized carbons (Fsp3) is 0.115. The van der Waals surface area contributed by atoms with Gasteiger partial charge in [-0.1, -0.05) is 34.8 Å². The van der Waals surface area contributed by atoms with E-state index in [1.807, 2.05) is 37.3 Å². The van der Waals surface area contributed by atoms with Gasteiger partial charge in [-0.15, -0.1) is 0 Å². The van der Waals surface area contributed by atoms with E-state index in [-0.39, 0.29) is 5.75 Å². The number of hydrogen-bond donors (Lipinski definition) is 1. The number of rotatable bonds is 1. The summed E-state index contributed by atoms with van der Waals surface area (Å²) in [6.45, 7) is 3.43. The molecule has 0 fully saturated rings. The number of aromatic hydroxyl groups is 1. The monoisotopic (exact) mass is 497 g/mol. The highest BCUT2D eigenvalue weighted by Gasteiger charge is 2.41. The summed E-state index contributed by atoms with van der Waals surface area (Å²) in [5, 5.41) is 19.4. The van der Waals surface area contributed by atoms with Gasteiger partial charge in [0.25, 0.3) is 0 Å². The largest absolute Gasteiger partial charge is 0.507 e. The molecular weight excluding hydrogens is 481 g/mol. The van der Waals surface area contributed by atoms with Gasteiger partial charge in [-0.2, -0.15) is 5.26 Å². The Balaban J connectivity index is 0.000000821. The van der Waals surface area contributed by atoms with Crippen molar-refractivity contribution in [1.82, 2.24) is 0 Å². The van der Waals surface area contributed by atoms with Crippen LogP contribution >= 0.6 is 34.8 Å². The van der Waals surface area contributed by atoms with Crippen molar-refractivity contribution >= 4 is 46.1 Å². The maximum absolute atomic E-state index is 10.4. The second-order valence-electron chi connectivity index (χ2n) is 7.50. The van der Waals surface area contributed by atoms with Gasteiger partial charge in [0.2, 0.25) is 0 Å². The van der Waals surface area contributed by atoms with Crippen molar-refractivity contribution in [3.05, 3.63) is 98.5 Å². The lowest BCUT2D eigenvalue weighted by molar-refractivity contribution is 0.159. The van der Waals surface area contributed by atoms with Crippen molar-refractivity contribution in [3.63, 3.8) is 0 Å². The second kappa shape index (κ2) is 9.03. The predicted molar refractivity (Wildman–Crippen MR) is 132 cm³/mol. The Morgan fingerprint density at radius 2 is 1.42 bits per heavy atom. The normalized spacial score (nSPS) is 17.7. The highest BCUT2D eigenvalue weighted by Crippen LogP contribution is 2.50. The standard InChI is InChI=1S/C24H15Cl3O3.C2H3N/c1-13-11-24(30-21-6-3-15(26)8-17(13)21)12-23(18-9-14(25)2-5-20(18)28)29-22-7-4-16(27)10-19(22)24;1-2-3/h2-12,28H,1H3;1H3/t24-;/m1./s1. The maximum atomic E-state index is 10.4. The number of ether oxygens (including phenoxy) is 2. The van der Waals surface area contributed by atoms with E-state index in [4.69, 9.17) is 49.5 Å². The molecule has 0 aromatic heterocycles. The van der Waals surface area contributed by atoms with Gasteiger partial charge in [0.05, 0.1) is 11.6 Å². The Bertz CT molecular complexity index is 1360. The van der Waals surface area contributed by atoms with Crippen molar-refractivity contribution in [2.75, 3.05) is 0 Å². The van der Waals surface area contributed by atoms with E-state index in [0.29, 0.717) is 37.9 Å². The van der Waals surface area contributed by atoms with Gasteiger partial charge in [0.15, 0.2) is 5.60 Å². The van der Waals surface area contributed by atoms with Gasteiger partial charge in [-0.25, -0.2) is 0 Å². The molecular formula is C26H18Cl3NO3. The van der Waals surface area contributed by atoms with Crippen molar-refractivity contribution in [1.29, 1.82) is 5.26 Å². The number of allylic oxidation sites excluding steroid dienone is 1. The summed E-state index contributed by atoms with van der Waals surface area (Å²) in [6, 6.07) is 17.4. The Hall–Kier alpha value is -3.10. The van der Waals surface area contributed by atoms with E-state index in [0.717, 1.165) is 16.7 Å². The molecule has 0 saturated heterocycles. The van der Waals surface area contributed by atoms with Crippen molar-refractivity contribution in [3.8, 4) is 23.3 Å². The number of nitriles is 1. The molecule has 1 atom stereocenters. The average molecular weight is 499 g/mol. The third-order valence-corrected chi connectivity index (χ3v) is 5.93. The molecule has 1 spiro atoms. The van der Waals surface area contributed by atoms with Crippen molar-refractivity contribution in [2.45, 2.75) is 19.4 Å². The van der Waals surface area contributed by atoms with Gasteiger partial charge >= 0.3 is 0 Å². The summed E-state index contributed by atoms with van der Waals surface area (Å²) in [7, 11) is 0. The van der Waals surface area contributed by atoms with Crippen LogP contribution in [0.4, 0.5) is 0 Å². The van der Waals surface area contributed by atoms with Crippen LogP contribution in [-0.4, -0.2) is 5.11 Å². The summed E-state index contributed by atoms with van der Waals surface area (Å²) >= 11 is 18.7. The van der Waals surface area contributed by atoms with Crippen LogP contribution in [0, 0.1) is 11.3 Å². The molecule has 3 aromatic carbocycles. The quantitative estimate of drug-likeness (QED) is 0.369. The van der Waals surface area contributed by atoms with Gasteiger partial charge in [-0.3, -0.25) is 0 Å². The van der Waals surface area contributed by atoms with Crippen LogP contribution in [0.15, 0.2) is 66.7 Å². The third kappa shape index (κ3) is 4.41. The third-order valence-electron chi connectivity index (χ3n) is 5.23. The van der Waals surface area contributed by atoms with Gasteiger partial charge < -0.3 is 14.6 Å². The van der Waals surface area contributed by atoms with Crippen molar-refractivity contribution in [2.24, 2.45) is 0 Å². The fourth-order valence-electron chi connectivity index (χ4n) is 3.87. The van der Waals surface area contributed by atoms with E-state index in [1.165, 1.54) is 13.0 Å². The molecule has 0 bridgehead atoms. The maximum Gasteiger partial charge on any atom is 0.179 e. The Labute approximate surface area is 206 Å². The summed E-state index contributed by atoms with van der Waals surface area (Å²) in [5.41, 5.74) is 2.17. The van der Waals surface area contributed by atoms with Crippen LogP contribution in [-0.2, 0) is 5.60 Å². The number of hydrogen-bond acceptors (Lipinski definition) is 4. The number of phenolic OH excluding ortho intramolecular Hbond substituents is 1. The predicted octanol–water partition coefficient (Wildman–Crippen LogP) is 8.01. The first-order valence-corrected chi connectivity index (χ1v) is 11.1. The van der Waals surface area contributed by atoms with Gasteiger partial charge in [0, 0.05) is 39.2 Å². The Morgan fingerprint density at radius 1 is 0.848 bits per heavy atom. The molecule has 33 heavy (non-hydrogen) atoms. The molecule has 5 rings (SSSR count). The average Bonchev–Trinajstić information content (AvgIpc) is 2.77. The van der Waals surface area contributed by atoms with Gasteiger partial charge in [-0.05, 0) is 73.2 Å². The number of fused-ring (bicyclic) bond motifs is 3. The number of nitrogens with zero attached hydrogens (tertiary/aromatic N) is 1. The Morgan fingerprint density at radius 3 is 2.12 bits per heavy atom. The smallest absolute Gasteiger partial charge is 0.179 e. The molecule has 166 valence electrons. The Kier molecular flexibility index (Phi) is 6.32. The first-order valence-electron chi connectivity index (χ1n) is 9.95. The molecule has 7 heteroatoms. The molecule has 2 aliphatic heterocycles.